The van der Waals surface area contributed by atoms with Crippen LogP contribution in [-0.2, 0) is 22.6 Å². The third-order valence-corrected chi connectivity index (χ3v) is 7.35. The summed E-state index contributed by atoms with van der Waals surface area (Å²) in [4.78, 5) is 34.7. The number of nitrogens with one attached hydrogen (secondary N) is 1. The molecule has 0 radical (unpaired) electrons. The lowest BCUT2D eigenvalue weighted by atomic mass is 9.85. The summed E-state index contributed by atoms with van der Waals surface area (Å²) < 4.78 is 5.97. The van der Waals surface area contributed by atoms with E-state index < -0.39 is 12.1 Å². The Kier molecular flexibility index (Phi) is 5.69. The number of hydrogen-bond donors (Lipinski definition) is 1. The number of halogens is 1. The molecule has 0 saturated carbocycles. The van der Waals surface area contributed by atoms with Crippen molar-refractivity contribution in [2.24, 2.45) is 0 Å². The van der Waals surface area contributed by atoms with Gasteiger partial charge in [0.2, 0.25) is 11.8 Å². The highest BCUT2D eigenvalue weighted by Crippen LogP contribution is 2.45. The van der Waals surface area contributed by atoms with Crippen LogP contribution < -0.4 is 4.74 Å². The zero-order chi connectivity index (χ0) is 24.8. The second-order valence-electron chi connectivity index (χ2n) is 9.28. The van der Waals surface area contributed by atoms with Gasteiger partial charge in [0.25, 0.3) is 0 Å². The van der Waals surface area contributed by atoms with Gasteiger partial charge in [-0.3, -0.25) is 9.59 Å². The number of benzene rings is 3. The van der Waals surface area contributed by atoms with E-state index in [0.717, 1.165) is 39.0 Å². The van der Waals surface area contributed by atoms with Gasteiger partial charge < -0.3 is 19.5 Å². The number of aromatic amines is 1. The Bertz CT molecular complexity index is 1480. The van der Waals surface area contributed by atoms with E-state index in [2.05, 4.69) is 11.1 Å². The Morgan fingerprint density at radius 1 is 1.03 bits per heavy atom. The van der Waals surface area contributed by atoms with Crippen LogP contribution in [0.2, 0.25) is 5.02 Å². The van der Waals surface area contributed by atoms with Crippen molar-refractivity contribution in [2.45, 2.75) is 32.0 Å². The van der Waals surface area contributed by atoms with Crippen molar-refractivity contribution >= 4 is 34.3 Å². The molecule has 4 aromatic rings. The van der Waals surface area contributed by atoms with Crippen molar-refractivity contribution in [1.29, 1.82) is 0 Å². The number of fused-ring (bicyclic) bond motifs is 4. The lowest BCUT2D eigenvalue weighted by Crippen LogP contribution is -2.62. The normalized spacial score (nSPS) is 19.4. The molecule has 1 saturated heterocycles. The molecule has 2 atom stereocenters. The predicted octanol–water partition coefficient (Wildman–Crippen LogP) is 5.11. The number of piperazine rings is 1. The van der Waals surface area contributed by atoms with Gasteiger partial charge in [0, 0.05) is 40.1 Å². The van der Waals surface area contributed by atoms with E-state index in [1.165, 1.54) is 0 Å². The van der Waals surface area contributed by atoms with E-state index >= 15 is 0 Å². The molecule has 2 aliphatic rings. The second-order valence-corrected chi connectivity index (χ2v) is 9.72. The Morgan fingerprint density at radius 3 is 2.67 bits per heavy atom. The SMILES string of the molecule is CCOc1ccccc1[C@@H]1c2[nH]c3ccccc3c2C[C@H]2C(=O)N(Cc3cccc(Cl)c3)CC(=O)N12. The van der Waals surface area contributed by atoms with Crippen molar-refractivity contribution < 1.29 is 14.3 Å². The van der Waals surface area contributed by atoms with E-state index in [4.69, 9.17) is 16.3 Å². The second kappa shape index (κ2) is 9.03. The van der Waals surface area contributed by atoms with E-state index in [1.807, 2.05) is 67.6 Å². The van der Waals surface area contributed by atoms with Gasteiger partial charge in [-0.2, -0.15) is 0 Å². The molecule has 6 rings (SSSR count). The summed E-state index contributed by atoms with van der Waals surface area (Å²) in [6.45, 7) is 2.81. The number of carbonyl (C=O) groups excluding carboxylic acids is 2. The van der Waals surface area contributed by atoms with Gasteiger partial charge >= 0.3 is 0 Å². The van der Waals surface area contributed by atoms with E-state index in [1.54, 1.807) is 15.9 Å². The highest BCUT2D eigenvalue weighted by molar-refractivity contribution is 6.30. The average molecular weight is 500 g/mol. The Morgan fingerprint density at radius 2 is 1.83 bits per heavy atom. The molecular formula is C29H26ClN3O3. The zero-order valence-electron chi connectivity index (χ0n) is 19.9. The molecule has 36 heavy (non-hydrogen) atoms. The van der Waals surface area contributed by atoms with Crippen molar-refractivity contribution in [3.63, 3.8) is 0 Å². The summed E-state index contributed by atoms with van der Waals surface area (Å²) in [5.41, 5.74) is 4.80. The summed E-state index contributed by atoms with van der Waals surface area (Å²) in [6.07, 6.45) is 0.462. The van der Waals surface area contributed by atoms with Gasteiger partial charge in [0.1, 0.15) is 24.4 Å². The Hall–Kier alpha value is -3.77. The molecule has 2 amide bonds. The van der Waals surface area contributed by atoms with Crippen molar-refractivity contribution in [3.8, 4) is 5.75 Å². The Balaban J connectivity index is 1.47. The molecule has 7 heteroatoms. The third kappa shape index (κ3) is 3.73. The van der Waals surface area contributed by atoms with Gasteiger partial charge in [0.05, 0.1) is 6.61 Å². The molecule has 1 aromatic heterocycles. The Labute approximate surface area is 214 Å². The molecule has 0 unspecified atom stereocenters. The molecular weight excluding hydrogens is 474 g/mol. The highest BCUT2D eigenvalue weighted by Gasteiger charge is 2.48. The van der Waals surface area contributed by atoms with Crippen LogP contribution in [0.4, 0.5) is 0 Å². The maximum absolute atomic E-state index is 13.9. The molecule has 0 bridgehead atoms. The highest BCUT2D eigenvalue weighted by atomic mass is 35.5. The number of rotatable bonds is 5. The summed E-state index contributed by atoms with van der Waals surface area (Å²) in [5.74, 6) is 0.587. The standard InChI is InChI=1S/C29H26ClN3O3/c1-2-36-25-13-6-4-11-21(25)28-27-22(20-10-3-5-12-23(20)31-27)15-24-29(35)32(17-26(34)33(24)28)16-18-8-7-9-19(30)14-18/h3-14,24,28,31H,2,15-17H2,1H3/t24-,28+/m0/s1. The molecule has 1 fully saturated rings. The molecule has 182 valence electrons. The number of para-hydroxylation sites is 2. The number of aromatic nitrogens is 1. The van der Waals surface area contributed by atoms with Crippen LogP contribution in [0.15, 0.2) is 72.8 Å². The van der Waals surface area contributed by atoms with Gasteiger partial charge in [-0.1, -0.05) is 60.1 Å². The molecule has 0 spiro atoms. The first-order valence-corrected chi connectivity index (χ1v) is 12.6. The quantitative estimate of drug-likeness (QED) is 0.415. The fourth-order valence-corrected chi connectivity index (χ4v) is 5.84. The first-order valence-electron chi connectivity index (χ1n) is 12.2. The summed E-state index contributed by atoms with van der Waals surface area (Å²) in [7, 11) is 0. The number of ether oxygens (including phenoxy) is 1. The van der Waals surface area contributed by atoms with Crippen LogP contribution in [0.5, 0.6) is 5.75 Å². The minimum Gasteiger partial charge on any atom is -0.494 e. The topological polar surface area (TPSA) is 65.6 Å². The lowest BCUT2D eigenvalue weighted by molar-refractivity contribution is -0.159. The average Bonchev–Trinajstić information content (AvgIpc) is 3.25. The lowest BCUT2D eigenvalue weighted by Gasteiger charge is -2.47. The number of nitrogens with zero attached hydrogens (tertiary/aromatic N) is 2. The smallest absolute Gasteiger partial charge is 0.246 e. The number of hydrogen-bond acceptors (Lipinski definition) is 3. The van der Waals surface area contributed by atoms with Crippen molar-refractivity contribution in [3.05, 3.63) is 100 Å². The summed E-state index contributed by atoms with van der Waals surface area (Å²) >= 11 is 6.17. The van der Waals surface area contributed by atoms with Gasteiger partial charge in [-0.05, 0) is 42.3 Å². The third-order valence-electron chi connectivity index (χ3n) is 7.12. The first-order chi connectivity index (χ1) is 17.5. The first kappa shape index (κ1) is 22.7. The van der Waals surface area contributed by atoms with Gasteiger partial charge in [-0.25, -0.2) is 0 Å². The molecule has 6 nitrogen and oxygen atoms in total. The van der Waals surface area contributed by atoms with Crippen LogP contribution in [0.3, 0.4) is 0 Å². The molecule has 3 heterocycles. The number of carbonyl (C=O) groups is 2. The molecule has 3 aromatic carbocycles. The maximum atomic E-state index is 13.9. The van der Waals surface area contributed by atoms with Crippen molar-refractivity contribution in [2.75, 3.05) is 13.2 Å². The van der Waals surface area contributed by atoms with Crippen molar-refractivity contribution in [1.82, 2.24) is 14.8 Å². The predicted molar refractivity (Wildman–Crippen MR) is 139 cm³/mol. The van der Waals surface area contributed by atoms with Crippen LogP contribution in [0.1, 0.15) is 35.3 Å². The molecule has 1 N–H and O–H groups in total. The molecule has 0 aliphatic carbocycles. The fraction of sp³-hybridized carbons (Fsp3) is 0.241. The largest absolute Gasteiger partial charge is 0.494 e. The maximum Gasteiger partial charge on any atom is 0.246 e. The monoisotopic (exact) mass is 499 g/mol. The van der Waals surface area contributed by atoms with Crippen LogP contribution in [0.25, 0.3) is 10.9 Å². The minimum atomic E-state index is -0.600. The fourth-order valence-electron chi connectivity index (χ4n) is 5.63. The zero-order valence-corrected chi connectivity index (χ0v) is 20.7. The van der Waals surface area contributed by atoms with Gasteiger partial charge in [0.15, 0.2) is 0 Å². The van der Waals surface area contributed by atoms with E-state index in [0.29, 0.717) is 24.6 Å². The number of H-pyrrole nitrogens is 1. The molecule has 2 aliphatic heterocycles. The van der Waals surface area contributed by atoms with Crippen LogP contribution in [0, 0.1) is 0 Å². The van der Waals surface area contributed by atoms with E-state index in [9.17, 15) is 9.59 Å². The summed E-state index contributed by atoms with van der Waals surface area (Å²) in [5, 5.41) is 1.69. The summed E-state index contributed by atoms with van der Waals surface area (Å²) in [6, 6.07) is 22.3. The number of amides is 2. The van der Waals surface area contributed by atoms with E-state index in [-0.39, 0.29) is 18.4 Å². The van der Waals surface area contributed by atoms with Crippen LogP contribution in [-0.4, -0.2) is 45.8 Å². The minimum absolute atomic E-state index is 0.0186. The van der Waals surface area contributed by atoms with Crippen LogP contribution >= 0.6 is 11.6 Å². The van der Waals surface area contributed by atoms with Gasteiger partial charge in [-0.15, -0.1) is 0 Å².